The highest BCUT2D eigenvalue weighted by Gasteiger charge is 2.33. The third-order valence-corrected chi connectivity index (χ3v) is 7.65. The summed E-state index contributed by atoms with van der Waals surface area (Å²) in [6, 6.07) is 20.0. The van der Waals surface area contributed by atoms with E-state index >= 15 is 0 Å². The molecule has 0 radical (unpaired) electrons. The fourth-order valence-corrected chi connectivity index (χ4v) is 5.33. The molecule has 214 valence electrons. The molecule has 1 unspecified atom stereocenters. The van der Waals surface area contributed by atoms with E-state index in [0.717, 1.165) is 16.1 Å². The molecular formula is C29H34ClN3O6S. The summed E-state index contributed by atoms with van der Waals surface area (Å²) in [5.41, 5.74) is 1.76. The lowest BCUT2D eigenvalue weighted by Crippen LogP contribution is -2.53. The van der Waals surface area contributed by atoms with Crippen LogP contribution in [0.1, 0.15) is 18.1 Å². The third kappa shape index (κ3) is 8.12. The fraction of sp³-hybridized carbons (Fsp3) is 0.310. The Kier molecular flexibility index (Phi) is 10.8. The molecule has 0 aromatic heterocycles. The van der Waals surface area contributed by atoms with Gasteiger partial charge in [-0.25, -0.2) is 8.42 Å². The Balaban J connectivity index is 2.06. The monoisotopic (exact) mass is 587 g/mol. The molecule has 0 fully saturated rings. The van der Waals surface area contributed by atoms with E-state index in [1.54, 1.807) is 32.2 Å². The second-order valence-corrected chi connectivity index (χ2v) is 11.4. The summed E-state index contributed by atoms with van der Waals surface area (Å²) in [6.07, 6.45) is 1.24. The zero-order valence-electron chi connectivity index (χ0n) is 23.0. The molecule has 1 atom stereocenters. The number of nitrogens with one attached hydrogen (secondary N) is 1. The summed E-state index contributed by atoms with van der Waals surface area (Å²) in [4.78, 5) is 28.8. The van der Waals surface area contributed by atoms with E-state index in [2.05, 4.69) is 5.32 Å². The van der Waals surface area contributed by atoms with E-state index in [4.69, 9.17) is 21.1 Å². The van der Waals surface area contributed by atoms with Gasteiger partial charge in [-0.3, -0.25) is 13.9 Å². The maximum Gasteiger partial charge on any atom is 0.244 e. The number of rotatable bonds is 13. The number of halogens is 1. The van der Waals surface area contributed by atoms with Gasteiger partial charge >= 0.3 is 0 Å². The van der Waals surface area contributed by atoms with Crippen LogP contribution in [0.2, 0.25) is 5.02 Å². The first-order valence-electron chi connectivity index (χ1n) is 12.6. The Bertz CT molecular complexity index is 1420. The summed E-state index contributed by atoms with van der Waals surface area (Å²) < 4.78 is 37.2. The minimum Gasteiger partial charge on any atom is -0.497 e. The van der Waals surface area contributed by atoms with Crippen LogP contribution in [0.5, 0.6) is 11.5 Å². The van der Waals surface area contributed by atoms with Crippen molar-refractivity contribution in [3.8, 4) is 11.5 Å². The van der Waals surface area contributed by atoms with Crippen LogP contribution in [0.15, 0.2) is 72.8 Å². The van der Waals surface area contributed by atoms with E-state index in [1.165, 1.54) is 30.2 Å². The molecule has 1 N–H and O–H groups in total. The van der Waals surface area contributed by atoms with E-state index in [-0.39, 0.29) is 29.6 Å². The van der Waals surface area contributed by atoms with Crippen LogP contribution in [0.25, 0.3) is 0 Å². The smallest absolute Gasteiger partial charge is 0.244 e. The van der Waals surface area contributed by atoms with Gasteiger partial charge in [0.05, 0.1) is 31.2 Å². The van der Waals surface area contributed by atoms with Crippen LogP contribution in [0.4, 0.5) is 5.69 Å². The average Bonchev–Trinajstić information content (AvgIpc) is 2.93. The van der Waals surface area contributed by atoms with Crippen molar-refractivity contribution in [2.75, 3.05) is 37.9 Å². The number of nitrogens with zero attached hydrogens (tertiary/aromatic N) is 2. The third-order valence-electron chi connectivity index (χ3n) is 6.21. The quantitative estimate of drug-likeness (QED) is 0.325. The molecule has 0 aliphatic rings. The van der Waals surface area contributed by atoms with Gasteiger partial charge in [-0.15, -0.1) is 0 Å². The number of benzene rings is 3. The van der Waals surface area contributed by atoms with Gasteiger partial charge in [-0.05, 0) is 48.4 Å². The number of methoxy groups -OCH3 is 2. The predicted molar refractivity (Wildman–Crippen MR) is 156 cm³/mol. The zero-order chi connectivity index (χ0) is 29.3. The highest BCUT2D eigenvalue weighted by Crippen LogP contribution is 2.30. The van der Waals surface area contributed by atoms with Gasteiger partial charge in [0, 0.05) is 19.5 Å². The number of likely N-dealkylation sites (N-methyl/N-ethyl adjacent to an activating group) is 1. The standard InChI is InChI=1S/C29H34ClN3O6S/c1-5-31-29(35)26(17-21-10-7-6-8-11-21)32(19-22-12-9-13-24(16-22)38-2)28(34)20-33(40(4,36)37)23-14-15-27(39-3)25(30)18-23/h6-16,18,26H,5,17,19-20H2,1-4H3,(H,31,35). The molecule has 0 aliphatic carbocycles. The number of sulfonamides is 1. The number of carbonyl (C=O) groups is 2. The van der Waals surface area contributed by atoms with Crippen LogP contribution in [0.3, 0.4) is 0 Å². The summed E-state index contributed by atoms with van der Waals surface area (Å²) in [5, 5.41) is 3.02. The van der Waals surface area contributed by atoms with Crippen molar-refractivity contribution in [1.82, 2.24) is 10.2 Å². The van der Waals surface area contributed by atoms with Gasteiger partial charge in [0.15, 0.2) is 0 Å². The molecule has 3 aromatic rings. The Morgan fingerprint density at radius 3 is 2.25 bits per heavy atom. The molecule has 0 bridgehead atoms. The van der Waals surface area contributed by atoms with Gasteiger partial charge in [-0.1, -0.05) is 54.1 Å². The first-order chi connectivity index (χ1) is 19.1. The zero-order valence-corrected chi connectivity index (χ0v) is 24.5. The summed E-state index contributed by atoms with van der Waals surface area (Å²) >= 11 is 6.27. The number of hydrogen-bond acceptors (Lipinski definition) is 6. The molecule has 40 heavy (non-hydrogen) atoms. The number of hydrogen-bond donors (Lipinski definition) is 1. The van der Waals surface area contributed by atoms with Gasteiger partial charge in [-0.2, -0.15) is 0 Å². The molecule has 0 heterocycles. The Hall–Kier alpha value is -3.76. The van der Waals surface area contributed by atoms with Crippen molar-refractivity contribution in [1.29, 1.82) is 0 Å². The van der Waals surface area contributed by atoms with Crippen molar-refractivity contribution in [2.45, 2.75) is 25.9 Å². The lowest BCUT2D eigenvalue weighted by Gasteiger charge is -2.33. The lowest BCUT2D eigenvalue weighted by atomic mass is 10.0. The van der Waals surface area contributed by atoms with E-state index in [0.29, 0.717) is 23.6 Å². The maximum atomic E-state index is 14.0. The van der Waals surface area contributed by atoms with Crippen LogP contribution >= 0.6 is 11.6 Å². The van der Waals surface area contributed by atoms with Crippen LogP contribution in [0, 0.1) is 0 Å². The van der Waals surface area contributed by atoms with Gasteiger partial charge in [0.1, 0.15) is 24.1 Å². The van der Waals surface area contributed by atoms with Gasteiger partial charge in [0.25, 0.3) is 0 Å². The lowest BCUT2D eigenvalue weighted by molar-refractivity contribution is -0.140. The number of anilines is 1. The highest BCUT2D eigenvalue weighted by atomic mass is 35.5. The number of carbonyl (C=O) groups excluding carboxylic acids is 2. The fourth-order valence-electron chi connectivity index (χ4n) is 4.24. The van der Waals surface area contributed by atoms with Crippen molar-refractivity contribution in [3.05, 3.63) is 88.9 Å². The molecule has 9 nitrogen and oxygen atoms in total. The first-order valence-corrected chi connectivity index (χ1v) is 14.8. The first kappa shape index (κ1) is 30.8. The van der Waals surface area contributed by atoms with Crippen molar-refractivity contribution >= 4 is 39.1 Å². The van der Waals surface area contributed by atoms with Crippen molar-refractivity contribution < 1.29 is 27.5 Å². The van der Waals surface area contributed by atoms with E-state index < -0.39 is 28.5 Å². The Morgan fingerprint density at radius 1 is 0.950 bits per heavy atom. The molecule has 3 aromatic carbocycles. The van der Waals surface area contributed by atoms with Crippen molar-refractivity contribution in [3.63, 3.8) is 0 Å². The molecule has 0 aliphatic heterocycles. The largest absolute Gasteiger partial charge is 0.497 e. The summed E-state index contributed by atoms with van der Waals surface area (Å²) in [5.74, 6) is 0.0468. The second kappa shape index (κ2) is 14.0. The Morgan fingerprint density at radius 2 is 1.65 bits per heavy atom. The van der Waals surface area contributed by atoms with Crippen LogP contribution in [-0.4, -0.2) is 64.7 Å². The molecule has 2 amide bonds. The normalized spacial score (nSPS) is 11.8. The maximum absolute atomic E-state index is 14.0. The minimum absolute atomic E-state index is 0.0473. The molecule has 11 heteroatoms. The van der Waals surface area contributed by atoms with E-state index in [9.17, 15) is 18.0 Å². The molecule has 0 saturated carbocycles. The molecule has 0 saturated heterocycles. The number of ether oxygens (including phenoxy) is 2. The molecular weight excluding hydrogens is 554 g/mol. The highest BCUT2D eigenvalue weighted by molar-refractivity contribution is 7.92. The van der Waals surface area contributed by atoms with Crippen LogP contribution in [-0.2, 0) is 32.6 Å². The summed E-state index contributed by atoms with van der Waals surface area (Å²) in [6.45, 7) is 1.66. The number of amides is 2. The summed E-state index contributed by atoms with van der Waals surface area (Å²) in [7, 11) is -0.927. The average molecular weight is 588 g/mol. The van der Waals surface area contributed by atoms with Gasteiger partial charge in [0.2, 0.25) is 21.8 Å². The van der Waals surface area contributed by atoms with Crippen molar-refractivity contribution in [2.24, 2.45) is 0 Å². The Labute approximate surface area is 240 Å². The second-order valence-electron chi connectivity index (χ2n) is 9.06. The topological polar surface area (TPSA) is 105 Å². The SMILES string of the molecule is CCNC(=O)C(Cc1ccccc1)N(Cc1cccc(OC)c1)C(=O)CN(c1ccc(OC)c(Cl)c1)S(C)(=O)=O. The van der Waals surface area contributed by atoms with E-state index in [1.807, 2.05) is 36.4 Å². The molecule has 3 rings (SSSR count). The predicted octanol–water partition coefficient (Wildman–Crippen LogP) is 3.90. The van der Waals surface area contributed by atoms with Gasteiger partial charge < -0.3 is 19.7 Å². The molecule has 0 spiro atoms. The minimum atomic E-state index is -3.92. The van der Waals surface area contributed by atoms with Crippen LogP contribution < -0.4 is 19.1 Å².